The van der Waals surface area contributed by atoms with Crippen LogP contribution in [0, 0.1) is 0 Å². The Bertz CT molecular complexity index is 759. The third-order valence-electron chi connectivity index (χ3n) is 3.27. The molecular formula is C20H21NO4. The second-order valence-corrected chi connectivity index (χ2v) is 6.65. The highest BCUT2D eigenvalue weighted by molar-refractivity contribution is 6.09. The van der Waals surface area contributed by atoms with Crippen molar-refractivity contribution in [3.05, 3.63) is 71.3 Å². The van der Waals surface area contributed by atoms with Gasteiger partial charge in [0.2, 0.25) is 0 Å². The molecular weight excluding hydrogens is 318 g/mol. The van der Waals surface area contributed by atoms with E-state index in [0.29, 0.717) is 11.1 Å². The summed E-state index contributed by atoms with van der Waals surface area (Å²) in [5, 5.41) is 2.71. The summed E-state index contributed by atoms with van der Waals surface area (Å²) in [6.45, 7) is 5.18. The van der Waals surface area contributed by atoms with Crippen LogP contribution in [-0.4, -0.2) is 29.8 Å². The Kier molecular flexibility index (Phi) is 5.70. The number of hydrogen-bond acceptors (Lipinski definition) is 4. The molecule has 2 rings (SSSR count). The summed E-state index contributed by atoms with van der Waals surface area (Å²) >= 11 is 0. The van der Waals surface area contributed by atoms with Crippen LogP contribution in [0.3, 0.4) is 0 Å². The van der Waals surface area contributed by atoms with Crippen LogP contribution in [0.15, 0.2) is 54.6 Å². The van der Waals surface area contributed by atoms with Crippen LogP contribution < -0.4 is 5.32 Å². The van der Waals surface area contributed by atoms with Gasteiger partial charge in [0.15, 0.2) is 12.4 Å². The van der Waals surface area contributed by atoms with Crippen LogP contribution in [0.2, 0.25) is 0 Å². The molecule has 5 nitrogen and oxygen atoms in total. The third-order valence-corrected chi connectivity index (χ3v) is 3.27. The van der Waals surface area contributed by atoms with E-state index in [4.69, 9.17) is 4.74 Å². The first-order chi connectivity index (χ1) is 11.8. The molecule has 1 amide bonds. The molecule has 0 spiro atoms. The van der Waals surface area contributed by atoms with Crippen molar-refractivity contribution in [2.75, 3.05) is 6.61 Å². The molecule has 0 radical (unpaired) electrons. The van der Waals surface area contributed by atoms with Gasteiger partial charge in [0.05, 0.1) is 5.56 Å². The van der Waals surface area contributed by atoms with Crippen molar-refractivity contribution in [2.45, 2.75) is 26.3 Å². The van der Waals surface area contributed by atoms with Crippen LogP contribution in [0.5, 0.6) is 0 Å². The number of ether oxygens (including phenoxy) is 1. The molecule has 0 aliphatic rings. The number of carbonyl (C=O) groups is 3. The van der Waals surface area contributed by atoms with Gasteiger partial charge in [-0.05, 0) is 32.9 Å². The van der Waals surface area contributed by atoms with E-state index in [-0.39, 0.29) is 29.4 Å². The highest BCUT2D eigenvalue weighted by atomic mass is 16.5. The molecule has 2 aromatic carbocycles. The van der Waals surface area contributed by atoms with Gasteiger partial charge in [-0.1, -0.05) is 42.5 Å². The lowest BCUT2D eigenvalue weighted by Gasteiger charge is -2.20. The molecule has 0 bridgehead atoms. The van der Waals surface area contributed by atoms with Crippen LogP contribution in [0.25, 0.3) is 0 Å². The van der Waals surface area contributed by atoms with Gasteiger partial charge in [-0.15, -0.1) is 0 Å². The first-order valence-corrected chi connectivity index (χ1v) is 7.94. The molecule has 0 aromatic heterocycles. The van der Waals surface area contributed by atoms with E-state index in [1.807, 2.05) is 26.8 Å². The van der Waals surface area contributed by atoms with E-state index in [1.54, 1.807) is 36.4 Å². The summed E-state index contributed by atoms with van der Waals surface area (Å²) in [4.78, 5) is 35.9. The Morgan fingerprint density at radius 3 is 1.92 bits per heavy atom. The zero-order valence-electron chi connectivity index (χ0n) is 14.5. The number of esters is 1. The van der Waals surface area contributed by atoms with Gasteiger partial charge in [-0.2, -0.15) is 0 Å². The molecule has 0 atom stereocenters. The first-order valence-electron chi connectivity index (χ1n) is 7.94. The average molecular weight is 339 g/mol. The summed E-state index contributed by atoms with van der Waals surface area (Å²) in [5.41, 5.74) is 0.959. The minimum atomic E-state index is -0.609. The van der Waals surface area contributed by atoms with E-state index < -0.39 is 5.97 Å². The number of amides is 1. The van der Waals surface area contributed by atoms with Crippen LogP contribution in [0.4, 0.5) is 0 Å². The molecule has 25 heavy (non-hydrogen) atoms. The minimum absolute atomic E-state index is 0.120. The Labute approximate surface area is 147 Å². The predicted octanol–water partition coefficient (Wildman–Crippen LogP) is 2.99. The van der Waals surface area contributed by atoms with Gasteiger partial charge in [0.25, 0.3) is 5.91 Å². The second kappa shape index (κ2) is 7.75. The van der Waals surface area contributed by atoms with E-state index in [1.165, 1.54) is 12.1 Å². The largest absolute Gasteiger partial charge is 0.452 e. The Balaban J connectivity index is 1.96. The van der Waals surface area contributed by atoms with Gasteiger partial charge in [0.1, 0.15) is 0 Å². The molecule has 0 saturated carbocycles. The molecule has 130 valence electrons. The number of ketones is 1. The van der Waals surface area contributed by atoms with E-state index in [9.17, 15) is 14.4 Å². The zero-order valence-corrected chi connectivity index (χ0v) is 14.5. The zero-order chi connectivity index (χ0) is 18.4. The lowest BCUT2D eigenvalue weighted by atomic mass is 10.0. The molecule has 0 aliphatic carbocycles. The van der Waals surface area contributed by atoms with Gasteiger partial charge in [0, 0.05) is 16.7 Å². The quantitative estimate of drug-likeness (QED) is 0.671. The summed E-state index contributed by atoms with van der Waals surface area (Å²) < 4.78 is 4.98. The number of hydrogen-bond donors (Lipinski definition) is 1. The van der Waals surface area contributed by atoms with Crippen molar-refractivity contribution in [1.29, 1.82) is 0 Å². The maximum Gasteiger partial charge on any atom is 0.338 e. The maximum atomic E-state index is 12.3. The van der Waals surface area contributed by atoms with Crippen LogP contribution >= 0.6 is 0 Å². The molecule has 1 N–H and O–H groups in total. The highest BCUT2D eigenvalue weighted by Crippen LogP contribution is 2.12. The number of carbonyl (C=O) groups excluding carboxylic acids is 3. The predicted molar refractivity (Wildman–Crippen MR) is 94.5 cm³/mol. The van der Waals surface area contributed by atoms with Crippen LogP contribution in [-0.2, 0) is 9.53 Å². The minimum Gasteiger partial charge on any atom is -0.452 e. The fourth-order valence-electron chi connectivity index (χ4n) is 2.18. The molecule has 0 saturated heterocycles. The second-order valence-electron chi connectivity index (χ2n) is 6.65. The van der Waals surface area contributed by atoms with Crippen molar-refractivity contribution in [3.63, 3.8) is 0 Å². The third kappa shape index (κ3) is 5.57. The molecule has 0 fully saturated rings. The molecule has 0 aliphatic heterocycles. The lowest BCUT2D eigenvalue weighted by molar-refractivity contribution is -0.125. The fourth-order valence-corrected chi connectivity index (χ4v) is 2.18. The Morgan fingerprint density at radius 2 is 1.36 bits per heavy atom. The Morgan fingerprint density at radius 1 is 0.840 bits per heavy atom. The number of rotatable bonds is 5. The summed E-state index contributed by atoms with van der Waals surface area (Å²) in [5.74, 6) is -1.09. The van der Waals surface area contributed by atoms with Crippen molar-refractivity contribution in [1.82, 2.24) is 5.32 Å². The van der Waals surface area contributed by atoms with Gasteiger partial charge in [-0.25, -0.2) is 4.79 Å². The smallest absolute Gasteiger partial charge is 0.338 e. The molecule has 0 heterocycles. The first kappa shape index (κ1) is 18.4. The highest BCUT2D eigenvalue weighted by Gasteiger charge is 2.16. The van der Waals surface area contributed by atoms with Crippen molar-refractivity contribution >= 4 is 17.7 Å². The van der Waals surface area contributed by atoms with Crippen molar-refractivity contribution in [3.8, 4) is 0 Å². The fraction of sp³-hybridized carbons (Fsp3) is 0.250. The van der Waals surface area contributed by atoms with Gasteiger partial charge < -0.3 is 10.1 Å². The number of benzene rings is 2. The SMILES string of the molecule is CC(C)(C)NC(=O)COC(=O)c1ccc(C(=O)c2ccccc2)cc1. The molecule has 5 heteroatoms. The Hall–Kier alpha value is -2.95. The summed E-state index contributed by atoms with van der Waals surface area (Å²) in [7, 11) is 0. The van der Waals surface area contributed by atoms with Gasteiger partial charge in [-0.3, -0.25) is 9.59 Å². The lowest BCUT2D eigenvalue weighted by Crippen LogP contribution is -2.42. The van der Waals surface area contributed by atoms with E-state index in [0.717, 1.165) is 0 Å². The van der Waals surface area contributed by atoms with E-state index >= 15 is 0 Å². The summed E-state index contributed by atoms with van der Waals surface area (Å²) in [6.07, 6.45) is 0. The number of nitrogens with one attached hydrogen (secondary N) is 1. The topological polar surface area (TPSA) is 72.5 Å². The van der Waals surface area contributed by atoms with Crippen molar-refractivity contribution < 1.29 is 19.1 Å². The molecule has 2 aromatic rings. The standard InChI is InChI=1S/C20H21NO4/c1-20(2,3)21-17(22)13-25-19(24)16-11-9-15(10-12-16)18(23)14-7-5-4-6-8-14/h4-12H,13H2,1-3H3,(H,21,22). The summed E-state index contributed by atoms with van der Waals surface area (Å²) in [6, 6.07) is 15.1. The van der Waals surface area contributed by atoms with Crippen LogP contribution in [0.1, 0.15) is 47.1 Å². The average Bonchev–Trinajstić information content (AvgIpc) is 2.58. The molecule has 0 unspecified atom stereocenters. The van der Waals surface area contributed by atoms with Gasteiger partial charge >= 0.3 is 5.97 Å². The normalized spacial score (nSPS) is 10.8. The van der Waals surface area contributed by atoms with E-state index in [2.05, 4.69) is 5.32 Å². The monoisotopic (exact) mass is 339 g/mol. The maximum absolute atomic E-state index is 12.3. The van der Waals surface area contributed by atoms with Crippen molar-refractivity contribution in [2.24, 2.45) is 0 Å².